The Morgan fingerprint density at radius 1 is 1.17 bits per heavy atom. The molecule has 0 aromatic carbocycles. The third-order valence-electron chi connectivity index (χ3n) is 5.83. The largest absolute Gasteiger partial charge is 0.489 e. The molecule has 0 saturated carbocycles. The van der Waals surface area contributed by atoms with Crippen molar-refractivity contribution in [2.45, 2.75) is 44.0 Å². The zero-order chi connectivity index (χ0) is 21.0. The number of carbonyl (C=O) groups excluding carboxylic acids is 1. The summed E-state index contributed by atoms with van der Waals surface area (Å²) in [5.74, 6) is 0.585. The molecular formula is C21H27FN6O2. The molecule has 2 aliphatic rings. The number of hydrogen-bond acceptors (Lipinski definition) is 7. The Hall–Kier alpha value is -2.81. The Morgan fingerprint density at radius 2 is 1.87 bits per heavy atom. The number of rotatable bonds is 5. The van der Waals surface area contributed by atoms with Gasteiger partial charge in [0.05, 0.1) is 6.20 Å². The van der Waals surface area contributed by atoms with Crippen molar-refractivity contribution in [3.05, 3.63) is 42.5 Å². The molecule has 0 unspecified atom stereocenters. The lowest BCUT2D eigenvalue weighted by atomic mass is 9.90. The van der Waals surface area contributed by atoms with Crippen LogP contribution in [-0.2, 0) is 11.3 Å². The molecule has 2 N–H and O–H groups in total. The third-order valence-corrected chi connectivity index (χ3v) is 5.83. The number of carbonyl (C=O) groups is 1. The Morgan fingerprint density at radius 3 is 2.50 bits per heavy atom. The molecule has 2 saturated heterocycles. The minimum atomic E-state index is -1.79. The molecule has 2 aromatic rings. The number of halogens is 1. The number of ether oxygens (including phenoxy) is 1. The van der Waals surface area contributed by atoms with Gasteiger partial charge >= 0.3 is 0 Å². The van der Waals surface area contributed by atoms with Gasteiger partial charge in [-0.15, -0.1) is 0 Å². The second-order valence-electron chi connectivity index (χ2n) is 7.99. The first-order valence-corrected chi connectivity index (χ1v) is 10.4. The number of pyridine rings is 1. The van der Waals surface area contributed by atoms with Crippen LogP contribution >= 0.6 is 0 Å². The molecule has 0 aliphatic carbocycles. The van der Waals surface area contributed by atoms with Crippen molar-refractivity contribution in [1.29, 1.82) is 0 Å². The van der Waals surface area contributed by atoms with E-state index in [0.29, 0.717) is 45.6 Å². The average Bonchev–Trinajstić information content (AvgIpc) is 2.78. The summed E-state index contributed by atoms with van der Waals surface area (Å²) < 4.78 is 21.4. The Kier molecular flexibility index (Phi) is 6.08. The predicted molar refractivity (Wildman–Crippen MR) is 109 cm³/mol. The molecule has 4 heterocycles. The first-order valence-electron chi connectivity index (χ1n) is 10.4. The topological polar surface area (TPSA) is 97.5 Å². The van der Waals surface area contributed by atoms with E-state index in [-0.39, 0.29) is 30.8 Å². The van der Waals surface area contributed by atoms with E-state index in [9.17, 15) is 4.79 Å². The summed E-state index contributed by atoms with van der Waals surface area (Å²) in [5.41, 5.74) is 4.65. The molecule has 1 amide bonds. The number of nitrogens with two attached hydrogens (primary N) is 1. The molecule has 0 bridgehead atoms. The van der Waals surface area contributed by atoms with Crippen molar-refractivity contribution in [2.75, 3.05) is 31.9 Å². The van der Waals surface area contributed by atoms with E-state index in [1.165, 1.54) is 0 Å². The number of likely N-dealkylation sites (tertiary alicyclic amines) is 2. The van der Waals surface area contributed by atoms with Crippen molar-refractivity contribution in [3.8, 4) is 5.75 Å². The van der Waals surface area contributed by atoms with E-state index in [4.69, 9.17) is 10.5 Å². The molecule has 9 heteroatoms. The molecule has 30 heavy (non-hydrogen) atoms. The minimum absolute atomic E-state index is 0.0257. The monoisotopic (exact) mass is 414 g/mol. The molecule has 0 radical (unpaired) electrons. The highest BCUT2D eigenvalue weighted by Crippen LogP contribution is 2.31. The summed E-state index contributed by atoms with van der Waals surface area (Å²) in [4.78, 5) is 28.7. The SMILES string of the molecule is Nc1ncc(CN2CCC(F)(C(=O)N3CCC(Oc4cccnc4)CC3)CC2)cn1. The van der Waals surface area contributed by atoms with Crippen molar-refractivity contribution in [2.24, 2.45) is 0 Å². The number of amides is 1. The van der Waals surface area contributed by atoms with Crippen LogP contribution in [0.1, 0.15) is 31.2 Å². The fourth-order valence-corrected chi connectivity index (χ4v) is 4.05. The Balaban J connectivity index is 1.25. The van der Waals surface area contributed by atoms with Gasteiger partial charge in [0, 0.05) is 82.6 Å². The molecule has 2 aromatic heterocycles. The van der Waals surface area contributed by atoms with Crippen LogP contribution in [0.15, 0.2) is 36.9 Å². The molecule has 4 rings (SSSR count). The standard InChI is InChI=1S/C21H27FN6O2/c22-21(5-10-27(11-6-21)15-16-12-25-20(23)26-13-16)19(29)28-8-3-17(4-9-28)30-18-2-1-7-24-14-18/h1-2,7,12-14,17H,3-6,8-11,15H2,(H2,23,25,26). The van der Waals surface area contributed by atoms with Gasteiger partial charge in [-0.25, -0.2) is 14.4 Å². The van der Waals surface area contributed by atoms with Crippen LogP contribution in [0, 0.1) is 0 Å². The van der Waals surface area contributed by atoms with Gasteiger partial charge in [-0.1, -0.05) is 0 Å². The second kappa shape index (κ2) is 8.91. The fourth-order valence-electron chi connectivity index (χ4n) is 4.05. The average molecular weight is 414 g/mol. The van der Waals surface area contributed by atoms with E-state index in [0.717, 1.165) is 11.3 Å². The van der Waals surface area contributed by atoms with Gasteiger partial charge in [0.15, 0.2) is 5.67 Å². The summed E-state index contributed by atoms with van der Waals surface area (Å²) >= 11 is 0. The van der Waals surface area contributed by atoms with Crippen molar-refractivity contribution >= 4 is 11.9 Å². The second-order valence-corrected chi connectivity index (χ2v) is 7.99. The Bertz CT molecular complexity index is 834. The predicted octanol–water partition coefficient (Wildman–Crippen LogP) is 1.83. The smallest absolute Gasteiger partial charge is 0.260 e. The van der Waals surface area contributed by atoms with E-state index >= 15 is 4.39 Å². The third kappa shape index (κ3) is 4.84. The minimum Gasteiger partial charge on any atom is -0.489 e. The number of piperidine rings is 2. The van der Waals surface area contributed by atoms with Crippen LogP contribution < -0.4 is 10.5 Å². The summed E-state index contributed by atoms with van der Waals surface area (Å²) in [7, 11) is 0. The van der Waals surface area contributed by atoms with E-state index in [1.54, 1.807) is 29.7 Å². The van der Waals surface area contributed by atoms with Gasteiger partial charge < -0.3 is 15.4 Å². The van der Waals surface area contributed by atoms with Crippen molar-refractivity contribution < 1.29 is 13.9 Å². The molecule has 160 valence electrons. The van der Waals surface area contributed by atoms with Gasteiger partial charge in [0.25, 0.3) is 5.91 Å². The maximum atomic E-state index is 15.5. The van der Waals surface area contributed by atoms with Crippen LogP contribution in [0.4, 0.5) is 10.3 Å². The molecule has 2 aliphatic heterocycles. The van der Waals surface area contributed by atoms with Gasteiger partial charge in [-0.2, -0.15) is 0 Å². The fraction of sp³-hybridized carbons (Fsp3) is 0.524. The summed E-state index contributed by atoms with van der Waals surface area (Å²) in [6, 6.07) is 3.69. The van der Waals surface area contributed by atoms with Crippen LogP contribution in [0.3, 0.4) is 0 Å². The summed E-state index contributed by atoms with van der Waals surface area (Å²) in [5, 5.41) is 0. The normalized spacial score (nSPS) is 20.1. The van der Waals surface area contributed by atoms with Gasteiger partial charge in [-0.05, 0) is 12.1 Å². The number of aromatic nitrogens is 3. The van der Waals surface area contributed by atoms with Crippen LogP contribution in [0.2, 0.25) is 0 Å². The number of nitrogens with zero attached hydrogens (tertiary/aromatic N) is 5. The van der Waals surface area contributed by atoms with E-state index in [2.05, 4.69) is 19.9 Å². The van der Waals surface area contributed by atoms with Gasteiger partial charge in [-0.3, -0.25) is 14.7 Å². The van der Waals surface area contributed by atoms with E-state index in [1.807, 2.05) is 12.1 Å². The number of anilines is 1. The van der Waals surface area contributed by atoms with Crippen molar-refractivity contribution in [1.82, 2.24) is 24.8 Å². The number of nitrogen functional groups attached to an aromatic ring is 1. The van der Waals surface area contributed by atoms with Crippen LogP contribution in [0.25, 0.3) is 0 Å². The first-order chi connectivity index (χ1) is 14.5. The highest BCUT2D eigenvalue weighted by atomic mass is 19.1. The molecule has 8 nitrogen and oxygen atoms in total. The molecule has 0 spiro atoms. The van der Waals surface area contributed by atoms with Gasteiger partial charge in [0.1, 0.15) is 11.9 Å². The molecular weight excluding hydrogens is 387 g/mol. The molecule has 0 atom stereocenters. The summed E-state index contributed by atoms with van der Waals surface area (Å²) in [6.45, 7) is 2.70. The van der Waals surface area contributed by atoms with Crippen LogP contribution in [0.5, 0.6) is 5.75 Å². The van der Waals surface area contributed by atoms with Crippen molar-refractivity contribution in [3.63, 3.8) is 0 Å². The zero-order valence-electron chi connectivity index (χ0n) is 16.9. The van der Waals surface area contributed by atoms with Crippen LogP contribution in [-0.4, -0.2) is 68.6 Å². The lowest BCUT2D eigenvalue weighted by Crippen LogP contribution is -2.54. The lowest BCUT2D eigenvalue weighted by molar-refractivity contribution is -0.149. The number of alkyl halides is 1. The Labute approximate surface area is 175 Å². The zero-order valence-corrected chi connectivity index (χ0v) is 16.9. The first kappa shape index (κ1) is 20.5. The number of hydrogen-bond donors (Lipinski definition) is 1. The quantitative estimate of drug-likeness (QED) is 0.797. The summed E-state index contributed by atoms with van der Waals surface area (Å²) in [6.07, 6.45) is 8.56. The highest BCUT2D eigenvalue weighted by molar-refractivity contribution is 5.85. The molecule has 2 fully saturated rings. The lowest BCUT2D eigenvalue weighted by Gasteiger charge is -2.40. The van der Waals surface area contributed by atoms with Gasteiger partial charge in [0.2, 0.25) is 5.95 Å². The highest BCUT2D eigenvalue weighted by Gasteiger charge is 2.44. The van der Waals surface area contributed by atoms with E-state index < -0.39 is 5.67 Å². The maximum absolute atomic E-state index is 15.5. The maximum Gasteiger partial charge on any atom is 0.260 e.